The van der Waals surface area contributed by atoms with Gasteiger partial charge in [0.25, 0.3) is 0 Å². The number of rotatable bonds is 1. The first-order valence-corrected chi connectivity index (χ1v) is 7.72. The number of hydrogen-bond donors (Lipinski definition) is 1. The van der Waals surface area contributed by atoms with Gasteiger partial charge in [0.2, 0.25) is 5.91 Å². The highest BCUT2D eigenvalue weighted by molar-refractivity contribution is 5.98. The summed E-state index contributed by atoms with van der Waals surface area (Å²) in [4.78, 5) is 15.0. The van der Waals surface area contributed by atoms with Gasteiger partial charge in [-0.05, 0) is 57.7 Å². The molecule has 2 aliphatic rings. The van der Waals surface area contributed by atoms with E-state index >= 15 is 0 Å². The standard InChI is InChI=1S/C17H24N2O/c1-13-6-7-15-14(11-13)5-3-10-19(15)16(20)17(2)8-4-9-18-12-17/h6-7,11,18H,3-5,8-10,12H2,1-2H3. The van der Waals surface area contributed by atoms with Crippen LogP contribution in [0.15, 0.2) is 18.2 Å². The van der Waals surface area contributed by atoms with Crippen LogP contribution < -0.4 is 10.2 Å². The predicted octanol–water partition coefficient (Wildman–Crippen LogP) is 2.66. The van der Waals surface area contributed by atoms with Crippen molar-refractivity contribution in [1.29, 1.82) is 0 Å². The highest BCUT2D eigenvalue weighted by Crippen LogP contribution is 2.34. The lowest BCUT2D eigenvalue weighted by molar-refractivity contribution is -0.128. The average Bonchev–Trinajstić information content (AvgIpc) is 2.46. The molecule has 0 spiro atoms. The molecule has 2 heterocycles. The third kappa shape index (κ3) is 2.35. The smallest absolute Gasteiger partial charge is 0.234 e. The van der Waals surface area contributed by atoms with E-state index in [2.05, 4.69) is 37.4 Å². The Labute approximate surface area is 121 Å². The van der Waals surface area contributed by atoms with E-state index in [0.717, 1.165) is 51.0 Å². The molecule has 20 heavy (non-hydrogen) atoms. The molecule has 0 aromatic heterocycles. The van der Waals surface area contributed by atoms with Gasteiger partial charge in [-0.1, -0.05) is 17.7 Å². The molecule has 0 aliphatic carbocycles. The summed E-state index contributed by atoms with van der Waals surface area (Å²) in [6.45, 7) is 6.95. The number of hydrogen-bond acceptors (Lipinski definition) is 2. The summed E-state index contributed by atoms with van der Waals surface area (Å²) in [6, 6.07) is 6.48. The molecule has 1 atom stereocenters. The summed E-state index contributed by atoms with van der Waals surface area (Å²) in [5.74, 6) is 0.300. The minimum Gasteiger partial charge on any atom is -0.316 e. The Morgan fingerprint density at radius 2 is 2.20 bits per heavy atom. The van der Waals surface area contributed by atoms with Gasteiger partial charge in [0.1, 0.15) is 0 Å². The van der Waals surface area contributed by atoms with Crippen LogP contribution in [0.4, 0.5) is 5.69 Å². The number of benzene rings is 1. The molecule has 2 aliphatic heterocycles. The minimum absolute atomic E-state index is 0.238. The molecule has 0 radical (unpaired) electrons. The first-order chi connectivity index (χ1) is 9.60. The molecule has 1 amide bonds. The molecule has 0 bridgehead atoms. The summed E-state index contributed by atoms with van der Waals surface area (Å²) in [7, 11) is 0. The van der Waals surface area contributed by atoms with E-state index in [-0.39, 0.29) is 5.41 Å². The molecule has 1 aromatic carbocycles. The third-order valence-corrected chi connectivity index (χ3v) is 4.71. The SMILES string of the molecule is Cc1ccc2c(c1)CCCN2C(=O)C1(C)CCCNC1. The normalized spacial score (nSPS) is 26.2. The molecular weight excluding hydrogens is 248 g/mol. The van der Waals surface area contributed by atoms with Crippen molar-refractivity contribution in [3.63, 3.8) is 0 Å². The van der Waals surface area contributed by atoms with Crippen molar-refractivity contribution in [3.05, 3.63) is 29.3 Å². The lowest BCUT2D eigenvalue weighted by Crippen LogP contribution is -2.51. The molecule has 1 unspecified atom stereocenters. The molecule has 1 aromatic rings. The first-order valence-electron chi connectivity index (χ1n) is 7.72. The highest BCUT2D eigenvalue weighted by Gasteiger charge is 2.39. The first kappa shape index (κ1) is 13.6. The Bertz CT molecular complexity index is 518. The lowest BCUT2D eigenvalue weighted by atomic mass is 9.80. The van der Waals surface area contributed by atoms with Gasteiger partial charge in [-0.2, -0.15) is 0 Å². The molecule has 3 rings (SSSR count). The lowest BCUT2D eigenvalue weighted by Gasteiger charge is -2.39. The minimum atomic E-state index is -0.238. The van der Waals surface area contributed by atoms with Gasteiger partial charge in [-0.25, -0.2) is 0 Å². The number of amides is 1. The number of nitrogens with one attached hydrogen (secondary N) is 1. The van der Waals surface area contributed by atoms with E-state index in [1.165, 1.54) is 11.1 Å². The molecule has 1 fully saturated rings. The zero-order chi connectivity index (χ0) is 14.2. The van der Waals surface area contributed by atoms with Gasteiger partial charge < -0.3 is 10.2 Å². The number of aryl methyl sites for hydroxylation is 2. The van der Waals surface area contributed by atoms with Gasteiger partial charge in [-0.15, -0.1) is 0 Å². The van der Waals surface area contributed by atoms with Crippen molar-refractivity contribution in [2.75, 3.05) is 24.5 Å². The van der Waals surface area contributed by atoms with Crippen LogP contribution in [-0.4, -0.2) is 25.5 Å². The summed E-state index contributed by atoms with van der Waals surface area (Å²) in [5.41, 5.74) is 3.51. The fraction of sp³-hybridized carbons (Fsp3) is 0.588. The van der Waals surface area contributed by atoms with E-state index in [1.54, 1.807) is 0 Å². The Hall–Kier alpha value is -1.35. The van der Waals surface area contributed by atoms with Crippen LogP contribution in [0.2, 0.25) is 0 Å². The van der Waals surface area contributed by atoms with Gasteiger partial charge in [0.05, 0.1) is 5.41 Å². The second kappa shape index (κ2) is 5.21. The number of piperidine rings is 1. The van der Waals surface area contributed by atoms with Gasteiger partial charge in [0.15, 0.2) is 0 Å². The van der Waals surface area contributed by atoms with Crippen molar-refractivity contribution in [3.8, 4) is 0 Å². The monoisotopic (exact) mass is 272 g/mol. The molecule has 0 saturated carbocycles. The summed E-state index contributed by atoms with van der Waals surface area (Å²) in [5, 5.41) is 3.38. The number of fused-ring (bicyclic) bond motifs is 1. The summed E-state index contributed by atoms with van der Waals surface area (Å²) < 4.78 is 0. The Kier molecular flexibility index (Phi) is 3.55. The number of carbonyl (C=O) groups excluding carboxylic acids is 1. The van der Waals surface area contributed by atoms with Crippen LogP contribution in [0.3, 0.4) is 0 Å². The average molecular weight is 272 g/mol. The maximum Gasteiger partial charge on any atom is 0.234 e. The maximum atomic E-state index is 13.0. The van der Waals surface area contributed by atoms with E-state index in [9.17, 15) is 4.79 Å². The fourth-order valence-corrected chi connectivity index (χ4v) is 3.50. The molecule has 3 heteroatoms. The fourth-order valence-electron chi connectivity index (χ4n) is 3.50. The summed E-state index contributed by atoms with van der Waals surface area (Å²) >= 11 is 0. The van der Waals surface area contributed by atoms with Crippen LogP contribution in [0, 0.1) is 12.3 Å². The Morgan fingerprint density at radius 3 is 2.95 bits per heavy atom. The van der Waals surface area contributed by atoms with Crippen molar-refractivity contribution in [1.82, 2.24) is 5.32 Å². The van der Waals surface area contributed by atoms with Crippen LogP contribution in [0.25, 0.3) is 0 Å². The third-order valence-electron chi connectivity index (χ3n) is 4.71. The maximum absolute atomic E-state index is 13.0. The number of carbonyl (C=O) groups is 1. The van der Waals surface area contributed by atoms with Crippen LogP contribution >= 0.6 is 0 Å². The zero-order valence-corrected chi connectivity index (χ0v) is 12.5. The summed E-state index contributed by atoms with van der Waals surface area (Å²) in [6.07, 6.45) is 4.26. The molecule has 1 saturated heterocycles. The quantitative estimate of drug-likeness (QED) is 0.852. The molecular formula is C17H24N2O. The second-order valence-electron chi connectivity index (χ2n) is 6.53. The van der Waals surface area contributed by atoms with Crippen molar-refractivity contribution in [2.24, 2.45) is 5.41 Å². The largest absolute Gasteiger partial charge is 0.316 e. The van der Waals surface area contributed by atoms with Crippen molar-refractivity contribution in [2.45, 2.75) is 39.5 Å². The zero-order valence-electron chi connectivity index (χ0n) is 12.5. The molecule has 1 N–H and O–H groups in total. The van der Waals surface area contributed by atoms with Gasteiger partial charge in [-0.3, -0.25) is 4.79 Å². The van der Waals surface area contributed by atoms with Crippen molar-refractivity contribution >= 4 is 11.6 Å². The Balaban J connectivity index is 1.90. The van der Waals surface area contributed by atoms with E-state index in [4.69, 9.17) is 0 Å². The highest BCUT2D eigenvalue weighted by atomic mass is 16.2. The van der Waals surface area contributed by atoms with E-state index < -0.39 is 0 Å². The topological polar surface area (TPSA) is 32.3 Å². The predicted molar refractivity (Wildman–Crippen MR) is 82.1 cm³/mol. The van der Waals surface area contributed by atoms with Crippen LogP contribution in [0.5, 0.6) is 0 Å². The van der Waals surface area contributed by atoms with Crippen LogP contribution in [-0.2, 0) is 11.2 Å². The second-order valence-corrected chi connectivity index (χ2v) is 6.53. The van der Waals surface area contributed by atoms with Crippen LogP contribution in [0.1, 0.15) is 37.3 Å². The van der Waals surface area contributed by atoms with Crippen molar-refractivity contribution < 1.29 is 4.79 Å². The van der Waals surface area contributed by atoms with E-state index in [1.807, 2.05) is 4.90 Å². The number of anilines is 1. The molecule has 108 valence electrons. The number of nitrogens with zero attached hydrogens (tertiary/aromatic N) is 1. The molecule has 3 nitrogen and oxygen atoms in total. The van der Waals surface area contributed by atoms with Gasteiger partial charge in [0, 0.05) is 18.8 Å². The van der Waals surface area contributed by atoms with Gasteiger partial charge >= 0.3 is 0 Å². The van der Waals surface area contributed by atoms with E-state index in [0.29, 0.717) is 5.91 Å². The Morgan fingerprint density at radius 1 is 1.35 bits per heavy atom.